The maximum Gasteiger partial charge on any atom is 0.245 e. The van der Waals surface area contributed by atoms with E-state index in [0.29, 0.717) is 11.6 Å². The lowest BCUT2D eigenvalue weighted by molar-refractivity contribution is -0.137. The third kappa shape index (κ3) is 6.04. The van der Waals surface area contributed by atoms with Gasteiger partial charge in [-0.05, 0) is 49.8 Å². The predicted molar refractivity (Wildman–Crippen MR) is 104 cm³/mol. The fourth-order valence-corrected chi connectivity index (χ4v) is 2.89. The largest absolute Gasteiger partial charge is 0.354 e. The van der Waals surface area contributed by atoms with Gasteiger partial charge in [-0.15, -0.1) is 0 Å². The Kier molecular flexibility index (Phi) is 7.94. The molecule has 0 atom stereocenters. The lowest BCUT2D eigenvalue weighted by atomic mass is 10.1. The fraction of sp³-hybridized carbons (Fsp3) is 0.474. The van der Waals surface area contributed by atoms with Gasteiger partial charge in [0, 0.05) is 18.0 Å². The van der Waals surface area contributed by atoms with Gasteiger partial charge in [-0.1, -0.05) is 37.6 Å². The second-order valence-corrected chi connectivity index (χ2v) is 6.59. The molecule has 0 aromatic heterocycles. The molecule has 0 spiro atoms. The number of rotatable bonds is 9. The summed E-state index contributed by atoms with van der Waals surface area (Å²) in [5, 5.41) is 4.90. The van der Waals surface area contributed by atoms with Gasteiger partial charge in [-0.3, -0.25) is 15.0 Å². The standard InChI is InChI=1S/C19H27ClN4O2/c1-3-23(4-2)13-5-12-21-18(25)14-24-19(26)11-10-17(22-24)15-6-8-16(20)9-7-15/h6-10,22H,3-5,11-14H2,1-2H3,(H,21,25). The van der Waals surface area contributed by atoms with Gasteiger partial charge in [0.25, 0.3) is 0 Å². The van der Waals surface area contributed by atoms with E-state index in [4.69, 9.17) is 11.6 Å². The van der Waals surface area contributed by atoms with Crippen LogP contribution >= 0.6 is 11.6 Å². The number of halogens is 1. The highest BCUT2D eigenvalue weighted by molar-refractivity contribution is 6.30. The van der Waals surface area contributed by atoms with Crippen molar-refractivity contribution in [2.45, 2.75) is 26.7 Å². The monoisotopic (exact) mass is 378 g/mol. The van der Waals surface area contributed by atoms with Crippen LogP contribution in [-0.2, 0) is 9.59 Å². The van der Waals surface area contributed by atoms with Crippen LogP contribution in [-0.4, -0.2) is 54.4 Å². The molecular formula is C19H27ClN4O2. The van der Waals surface area contributed by atoms with E-state index in [9.17, 15) is 9.59 Å². The van der Waals surface area contributed by atoms with E-state index in [1.54, 1.807) is 12.1 Å². The summed E-state index contributed by atoms with van der Waals surface area (Å²) in [6, 6.07) is 7.34. The highest BCUT2D eigenvalue weighted by atomic mass is 35.5. The molecule has 0 saturated heterocycles. The van der Waals surface area contributed by atoms with Crippen LogP contribution in [0.15, 0.2) is 30.3 Å². The number of hydrazine groups is 1. The van der Waals surface area contributed by atoms with Gasteiger partial charge in [0.2, 0.25) is 11.8 Å². The number of hydrogen-bond acceptors (Lipinski definition) is 4. The average Bonchev–Trinajstić information content (AvgIpc) is 2.64. The summed E-state index contributed by atoms with van der Waals surface area (Å²) < 4.78 is 0. The second-order valence-electron chi connectivity index (χ2n) is 6.15. The Morgan fingerprint density at radius 1 is 1.27 bits per heavy atom. The molecule has 2 amide bonds. The minimum absolute atomic E-state index is 0.00493. The number of hydrogen-bond donors (Lipinski definition) is 2. The Morgan fingerprint density at radius 3 is 2.62 bits per heavy atom. The smallest absolute Gasteiger partial charge is 0.245 e. The number of amides is 2. The zero-order chi connectivity index (χ0) is 18.9. The highest BCUT2D eigenvalue weighted by Crippen LogP contribution is 2.19. The third-order valence-electron chi connectivity index (χ3n) is 4.36. The molecule has 1 aromatic carbocycles. The van der Waals surface area contributed by atoms with Crippen molar-refractivity contribution in [1.82, 2.24) is 20.7 Å². The van der Waals surface area contributed by atoms with E-state index in [2.05, 4.69) is 29.5 Å². The summed E-state index contributed by atoms with van der Waals surface area (Å²) in [5.41, 5.74) is 4.75. The minimum atomic E-state index is -0.164. The molecule has 0 saturated carbocycles. The van der Waals surface area contributed by atoms with Gasteiger partial charge in [-0.2, -0.15) is 0 Å². The summed E-state index contributed by atoms with van der Waals surface area (Å²) in [6.07, 6.45) is 2.98. The van der Waals surface area contributed by atoms with Crippen molar-refractivity contribution in [2.24, 2.45) is 0 Å². The van der Waals surface area contributed by atoms with E-state index in [0.717, 1.165) is 37.3 Å². The Morgan fingerprint density at radius 2 is 1.96 bits per heavy atom. The minimum Gasteiger partial charge on any atom is -0.354 e. The Hall–Kier alpha value is -2.05. The molecule has 142 valence electrons. The first kappa shape index (κ1) is 20.3. The van der Waals surface area contributed by atoms with Crippen LogP contribution < -0.4 is 10.7 Å². The summed E-state index contributed by atoms with van der Waals surface area (Å²) in [4.78, 5) is 26.5. The van der Waals surface area contributed by atoms with Crippen molar-refractivity contribution in [3.63, 3.8) is 0 Å². The molecule has 2 N–H and O–H groups in total. The maximum atomic E-state index is 12.1. The predicted octanol–water partition coefficient (Wildman–Crippen LogP) is 2.27. The van der Waals surface area contributed by atoms with Crippen LogP contribution in [0.25, 0.3) is 5.70 Å². The third-order valence-corrected chi connectivity index (χ3v) is 4.61. The van der Waals surface area contributed by atoms with Crippen molar-refractivity contribution in [3.05, 3.63) is 40.9 Å². The highest BCUT2D eigenvalue weighted by Gasteiger charge is 2.21. The summed E-state index contributed by atoms with van der Waals surface area (Å²) >= 11 is 5.91. The lowest BCUT2D eigenvalue weighted by Crippen LogP contribution is -2.49. The topological polar surface area (TPSA) is 64.7 Å². The van der Waals surface area contributed by atoms with Crippen molar-refractivity contribution < 1.29 is 9.59 Å². The molecule has 0 fully saturated rings. The van der Waals surface area contributed by atoms with Gasteiger partial charge in [0.05, 0.1) is 5.70 Å². The molecule has 7 heteroatoms. The van der Waals surface area contributed by atoms with Crippen LogP contribution in [0.5, 0.6) is 0 Å². The van der Waals surface area contributed by atoms with Crippen molar-refractivity contribution in [2.75, 3.05) is 32.7 Å². The Labute approximate surface area is 160 Å². The van der Waals surface area contributed by atoms with Crippen molar-refractivity contribution in [1.29, 1.82) is 0 Å². The van der Waals surface area contributed by atoms with Crippen molar-refractivity contribution >= 4 is 29.1 Å². The Balaban J connectivity index is 1.81. The van der Waals surface area contributed by atoms with Crippen LogP contribution in [0.2, 0.25) is 5.02 Å². The van der Waals surface area contributed by atoms with E-state index < -0.39 is 0 Å². The molecule has 1 aliphatic heterocycles. The lowest BCUT2D eigenvalue weighted by Gasteiger charge is -2.29. The second kappa shape index (κ2) is 10.2. The molecular weight excluding hydrogens is 352 g/mol. The number of carbonyl (C=O) groups excluding carboxylic acids is 2. The van der Waals surface area contributed by atoms with Crippen LogP contribution in [0.4, 0.5) is 0 Å². The first-order valence-corrected chi connectivity index (χ1v) is 9.43. The first-order valence-electron chi connectivity index (χ1n) is 9.05. The zero-order valence-corrected chi connectivity index (χ0v) is 16.2. The molecule has 0 aliphatic carbocycles. The number of benzene rings is 1. The van der Waals surface area contributed by atoms with E-state index in [1.165, 1.54) is 5.01 Å². The van der Waals surface area contributed by atoms with Gasteiger partial charge in [0.1, 0.15) is 6.54 Å². The van der Waals surface area contributed by atoms with E-state index >= 15 is 0 Å². The number of nitrogens with zero attached hydrogens (tertiary/aromatic N) is 2. The normalized spacial score (nSPS) is 14.2. The molecule has 2 rings (SSSR count). The molecule has 0 radical (unpaired) electrons. The van der Waals surface area contributed by atoms with Crippen LogP contribution in [0, 0.1) is 0 Å². The van der Waals surface area contributed by atoms with E-state index in [-0.39, 0.29) is 24.8 Å². The van der Waals surface area contributed by atoms with Gasteiger partial charge in [0.15, 0.2) is 0 Å². The van der Waals surface area contributed by atoms with Crippen molar-refractivity contribution in [3.8, 4) is 0 Å². The molecule has 0 bridgehead atoms. The average molecular weight is 379 g/mol. The van der Waals surface area contributed by atoms with Crippen LogP contribution in [0.1, 0.15) is 32.3 Å². The zero-order valence-electron chi connectivity index (χ0n) is 15.4. The molecule has 0 unspecified atom stereocenters. The molecule has 1 heterocycles. The Bertz CT molecular complexity index is 641. The van der Waals surface area contributed by atoms with Gasteiger partial charge < -0.3 is 10.2 Å². The number of carbonyl (C=O) groups is 2. The van der Waals surface area contributed by atoms with Crippen LogP contribution in [0.3, 0.4) is 0 Å². The van der Waals surface area contributed by atoms with Gasteiger partial charge in [-0.25, -0.2) is 5.01 Å². The fourth-order valence-electron chi connectivity index (χ4n) is 2.76. The quantitative estimate of drug-likeness (QED) is 0.647. The van der Waals surface area contributed by atoms with E-state index in [1.807, 2.05) is 18.2 Å². The molecule has 26 heavy (non-hydrogen) atoms. The summed E-state index contributed by atoms with van der Waals surface area (Å²) in [6.45, 7) is 7.83. The number of nitrogens with one attached hydrogen (secondary N) is 2. The maximum absolute atomic E-state index is 12.1. The summed E-state index contributed by atoms with van der Waals surface area (Å²) in [7, 11) is 0. The molecule has 1 aliphatic rings. The molecule has 6 nitrogen and oxygen atoms in total. The first-order chi connectivity index (χ1) is 12.5. The van der Waals surface area contributed by atoms with Gasteiger partial charge >= 0.3 is 0 Å². The summed E-state index contributed by atoms with van der Waals surface area (Å²) in [5.74, 6) is -0.288. The SMILES string of the molecule is CCN(CC)CCCNC(=O)CN1NC(c2ccc(Cl)cc2)=CCC1=O. The molecule has 1 aromatic rings.